The SMILES string of the molecule is C=N/C=C\N(CC(O)OCC)NC(=O)OCC. The molecule has 0 saturated heterocycles. The van der Waals surface area contributed by atoms with Gasteiger partial charge in [0.15, 0.2) is 6.29 Å². The van der Waals surface area contributed by atoms with Crippen LogP contribution in [-0.4, -0.2) is 49.0 Å². The molecule has 0 aromatic carbocycles. The second kappa shape index (κ2) is 9.61. The summed E-state index contributed by atoms with van der Waals surface area (Å²) in [4.78, 5) is 14.7. The monoisotopic (exact) mass is 245 g/mol. The van der Waals surface area contributed by atoms with Gasteiger partial charge in [0.2, 0.25) is 0 Å². The minimum Gasteiger partial charge on any atom is -0.449 e. The van der Waals surface area contributed by atoms with E-state index in [1.807, 2.05) is 0 Å². The molecule has 0 spiro atoms. The number of nitrogens with zero attached hydrogens (tertiary/aromatic N) is 2. The standard InChI is InChI=1S/C10H19N3O4/c1-4-16-9(14)8-13(7-6-11-3)12-10(15)17-5-2/h6-7,9,14H,3-5,8H2,1-2H3,(H,12,15)/b7-6-. The van der Waals surface area contributed by atoms with Gasteiger partial charge in [-0.15, -0.1) is 0 Å². The van der Waals surface area contributed by atoms with Gasteiger partial charge in [-0.1, -0.05) is 0 Å². The second-order valence-corrected chi connectivity index (χ2v) is 2.88. The second-order valence-electron chi connectivity index (χ2n) is 2.88. The molecule has 0 aliphatic rings. The fourth-order valence-electron chi connectivity index (χ4n) is 0.965. The molecule has 0 aromatic rings. The Hall–Kier alpha value is -1.60. The van der Waals surface area contributed by atoms with Gasteiger partial charge >= 0.3 is 6.09 Å². The summed E-state index contributed by atoms with van der Waals surface area (Å²) in [6.07, 6.45) is 1.16. The van der Waals surface area contributed by atoms with Crippen LogP contribution in [0.3, 0.4) is 0 Å². The van der Waals surface area contributed by atoms with Gasteiger partial charge in [0, 0.05) is 19.0 Å². The van der Waals surface area contributed by atoms with E-state index in [2.05, 4.69) is 17.1 Å². The Labute approximate surface area is 101 Å². The first-order valence-corrected chi connectivity index (χ1v) is 5.26. The molecule has 7 nitrogen and oxygen atoms in total. The maximum Gasteiger partial charge on any atom is 0.426 e. The van der Waals surface area contributed by atoms with E-state index in [0.29, 0.717) is 6.61 Å². The Morgan fingerprint density at radius 1 is 1.59 bits per heavy atom. The van der Waals surface area contributed by atoms with Gasteiger partial charge in [-0.3, -0.25) is 10.0 Å². The molecule has 1 atom stereocenters. The highest BCUT2D eigenvalue weighted by Gasteiger charge is 2.11. The van der Waals surface area contributed by atoms with Crippen LogP contribution >= 0.6 is 0 Å². The van der Waals surface area contributed by atoms with Crippen LogP contribution in [0, 0.1) is 0 Å². The number of amides is 1. The molecule has 0 aliphatic heterocycles. The number of aliphatic hydroxyl groups is 1. The number of carbonyl (C=O) groups excluding carboxylic acids is 1. The van der Waals surface area contributed by atoms with E-state index in [1.165, 1.54) is 17.4 Å². The number of rotatable bonds is 8. The summed E-state index contributed by atoms with van der Waals surface area (Å²) in [7, 11) is 0. The number of hydrogen-bond donors (Lipinski definition) is 2. The van der Waals surface area contributed by atoms with Gasteiger partial charge in [0.25, 0.3) is 0 Å². The van der Waals surface area contributed by atoms with Crippen molar-refractivity contribution in [3.8, 4) is 0 Å². The van der Waals surface area contributed by atoms with Crippen LogP contribution in [0.4, 0.5) is 4.79 Å². The van der Waals surface area contributed by atoms with Crippen LogP contribution in [0.2, 0.25) is 0 Å². The Morgan fingerprint density at radius 2 is 2.29 bits per heavy atom. The van der Waals surface area contributed by atoms with Crippen molar-refractivity contribution in [1.29, 1.82) is 0 Å². The van der Waals surface area contributed by atoms with Crippen LogP contribution in [0.15, 0.2) is 17.4 Å². The Morgan fingerprint density at radius 3 is 2.82 bits per heavy atom. The Bertz CT molecular complexity index is 258. The molecule has 0 bridgehead atoms. The van der Waals surface area contributed by atoms with Crippen molar-refractivity contribution in [3.05, 3.63) is 12.4 Å². The maximum atomic E-state index is 11.2. The third-order valence-corrected chi connectivity index (χ3v) is 1.57. The molecule has 0 saturated carbocycles. The topological polar surface area (TPSA) is 83.4 Å². The van der Waals surface area contributed by atoms with Crippen LogP contribution in [0.5, 0.6) is 0 Å². The van der Waals surface area contributed by atoms with Crippen molar-refractivity contribution in [2.24, 2.45) is 4.99 Å². The van der Waals surface area contributed by atoms with E-state index >= 15 is 0 Å². The van der Waals surface area contributed by atoms with Gasteiger partial charge in [-0.05, 0) is 20.6 Å². The average molecular weight is 245 g/mol. The van der Waals surface area contributed by atoms with Crippen molar-refractivity contribution in [3.63, 3.8) is 0 Å². The summed E-state index contributed by atoms with van der Waals surface area (Å²) in [6, 6.07) is 0. The third kappa shape index (κ3) is 8.23. The van der Waals surface area contributed by atoms with Crippen molar-refractivity contribution >= 4 is 12.8 Å². The van der Waals surface area contributed by atoms with Crippen molar-refractivity contribution < 1.29 is 19.4 Å². The summed E-state index contributed by atoms with van der Waals surface area (Å²) in [5.74, 6) is 0. The predicted octanol–water partition coefficient (Wildman–Crippen LogP) is 0.476. The van der Waals surface area contributed by atoms with Crippen LogP contribution in [0.1, 0.15) is 13.8 Å². The highest BCUT2D eigenvalue weighted by Crippen LogP contribution is 1.94. The molecule has 1 amide bonds. The lowest BCUT2D eigenvalue weighted by molar-refractivity contribution is -0.108. The molecule has 0 heterocycles. The molecule has 0 rings (SSSR count). The Kier molecular flexibility index (Phi) is 8.71. The molecular weight excluding hydrogens is 226 g/mol. The lowest BCUT2D eigenvalue weighted by atomic mass is 10.6. The predicted molar refractivity (Wildman–Crippen MR) is 63.2 cm³/mol. The van der Waals surface area contributed by atoms with Gasteiger partial charge in [-0.2, -0.15) is 0 Å². The number of aliphatic imine (C=N–C) groups is 1. The molecular formula is C10H19N3O4. The smallest absolute Gasteiger partial charge is 0.426 e. The van der Waals surface area contributed by atoms with E-state index in [4.69, 9.17) is 9.47 Å². The van der Waals surface area contributed by atoms with Crippen LogP contribution in [-0.2, 0) is 9.47 Å². The molecule has 17 heavy (non-hydrogen) atoms. The van der Waals surface area contributed by atoms with Crippen molar-refractivity contribution in [1.82, 2.24) is 10.4 Å². The zero-order valence-corrected chi connectivity index (χ0v) is 10.1. The van der Waals surface area contributed by atoms with Gasteiger partial charge in [0.1, 0.15) is 0 Å². The molecule has 1 unspecified atom stereocenters. The van der Waals surface area contributed by atoms with E-state index in [1.54, 1.807) is 13.8 Å². The third-order valence-electron chi connectivity index (χ3n) is 1.57. The van der Waals surface area contributed by atoms with Crippen LogP contribution < -0.4 is 5.43 Å². The summed E-state index contributed by atoms with van der Waals surface area (Å²) < 4.78 is 9.64. The maximum absolute atomic E-state index is 11.2. The molecule has 2 N–H and O–H groups in total. The van der Waals surface area contributed by atoms with E-state index < -0.39 is 12.4 Å². The van der Waals surface area contributed by atoms with E-state index in [0.717, 1.165) is 0 Å². The zero-order chi connectivity index (χ0) is 13.1. The highest BCUT2D eigenvalue weighted by atomic mass is 16.6. The number of hydrazine groups is 1. The highest BCUT2D eigenvalue weighted by molar-refractivity contribution is 5.66. The fraction of sp³-hybridized carbons (Fsp3) is 0.600. The summed E-state index contributed by atoms with van der Waals surface area (Å²) in [6.45, 7) is 7.40. The fourth-order valence-corrected chi connectivity index (χ4v) is 0.965. The summed E-state index contributed by atoms with van der Waals surface area (Å²) >= 11 is 0. The minimum atomic E-state index is -1.02. The largest absolute Gasteiger partial charge is 0.449 e. The minimum absolute atomic E-state index is 0.0542. The zero-order valence-electron chi connectivity index (χ0n) is 10.1. The first-order chi connectivity index (χ1) is 8.13. The number of carbonyl (C=O) groups is 1. The van der Waals surface area contributed by atoms with E-state index in [-0.39, 0.29) is 13.2 Å². The molecule has 0 aromatic heterocycles. The molecule has 0 fully saturated rings. The molecule has 7 heteroatoms. The average Bonchev–Trinajstić information content (AvgIpc) is 2.26. The Balaban J connectivity index is 4.26. The number of aliphatic hydroxyl groups excluding tert-OH is 1. The molecule has 0 radical (unpaired) electrons. The van der Waals surface area contributed by atoms with Crippen molar-refractivity contribution in [2.75, 3.05) is 19.8 Å². The lowest BCUT2D eigenvalue weighted by Gasteiger charge is -2.23. The number of hydrogen-bond acceptors (Lipinski definition) is 6. The molecule has 0 aliphatic carbocycles. The van der Waals surface area contributed by atoms with Gasteiger partial charge < -0.3 is 14.6 Å². The summed E-state index contributed by atoms with van der Waals surface area (Å²) in [5, 5.41) is 10.7. The number of nitrogens with one attached hydrogen (secondary N) is 1. The van der Waals surface area contributed by atoms with E-state index in [9.17, 15) is 9.90 Å². The molecule has 98 valence electrons. The van der Waals surface area contributed by atoms with Gasteiger partial charge in [-0.25, -0.2) is 10.2 Å². The quantitative estimate of drug-likeness (QED) is 0.369. The lowest BCUT2D eigenvalue weighted by Crippen LogP contribution is -2.43. The summed E-state index contributed by atoms with van der Waals surface area (Å²) in [5.41, 5.74) is 2.40. The van der Waals surface area contributed by atoms with Gasteiger partial charge in [0.05, 0.1) is 13.2 Å². The first kappa shape index (κ1) is 15.4. The van der Waals surface area contributed by atoms with Crippen LogP contribution in [0.25, 0.3) is 0 Å². The van der Waals surface area contributed by atoms with Crippen molar-refractivity contribution in [2.45, 2.75) is 20.1 Å². The normalized spacial score (nSPS) is 12.2. The number of ether oxygens (including phenoxy) is 2. The first-order valence-electron chi connectivity index (χ1n) is 5.26.